The van der Waals surface area contributed by atoms with Crippen LogP contribution in [0, 0.1) is 24.0 Å². The molecule has 0 aliphatic heterocycles. The highest BCUT2D eigenvalue weighted by Crippen LogP contribution is 2.38. The zero-order valence-corrected chi connectivity index (χ0v) is 15.0. The molecule has 6 heteroatoms. The Balaban J connectivity index is 1.86. The van der Waals surface area contributed by atoms with E-state index in [-0.39, 0.29) is 17.6 Å². The van der Waals surface area contributed by atoms with E-state index in [1.165, 1.54) is 25.0 Å². The third-order valence-corrected chi connectivity index (χ3v) is 5.09. The summed E-state index contributed by atoms with van der Waals surface area (Å²) in [4.78, 5) is 25.2. The third kappa shape index (κ3) is 3.16. The van der Waals surface area contributed by atoms with Crippen LogP contribution in [0.15, 0.2) is 30.3 Å². The number of nitro groups is 1. The fourth-order valence-corrected chi connectivity index (χ4v) is 3.38. The van der Waals surface area contributed by atoms with Crippen LogP contribution in [0.1, 0.15) is 59.2 Å². The minimum absolute atomic E-state index is 0.0390. The predicted molar refractivity (Wildman–Crippen MR) is 95.8 cm³/mol. The second-order valence-corrected chi connectivity index (χ2v) is 6.83. The molecule has 3 rings (SSSR count). The van der Waals surface area contributed by atoms with Gasteiger partial charge in [-0.3, -0.25) is 14.9 Å². The van der Waals surface area contributed by atoms with Crippen LogP contribution in [0.2, 0.25) is 0 Å². The molecule has 2 aromatic rings. The molecule has 0 unspecified atom stereocenters. The van der Waals surface area contributed by atoms with E-state index in [0.29, 0.717) is 11.6 Å². The Morgan fingerprint density at radius 3 is 2.60 bits per heavy atom. The molecule has 0 bridgehead atoms. The van der Waals surface area contributed by atoms with Gasteiger partial charge in [0.15, 0.2) is 0 Å². The number of nitrogens with zero attached hydrogens (tertiary/aromatic N) is 3. The lowest BCUT2D eigenvalue weighted by molar-refractivity contribution is -0.384. The van der Waals surface area contributed by atoms with Gasteiger partial charge in [-0.2, -0.15) is 0 Å². The summed E-state index contributed by atoms with van der Waals surface area (Å²) in [5.74, 6) is -0.0565. The Morgan fingerprint density at radius 1 is 1.32 bits per heavy atom. The van der Waals surface area contributed by atoms with Crippen LogP contribution in [0.25, 0.3) is 0 Å². The fourth-order valence-electron chi connectivity index (χ4n) is 3.38. The highest BCUT2D eigenvalue weighted by atomic mass is 16.6. The SMILES string of the molecule is Cc1cc(C(=O)N(C)[C@H](C)c2cccc([N+](=O)[O-])c2)c(C)n1C1CC1. The second kappa shape index (κ2) is 6.35. The van der Waals surface area contributed by atoms with Gasteiger partial charge in [0.05, 0.1) is 16.5 Å². The Hall–Kier alpha value is -2.63. The highest BCUT2D eigenvalue weighted by Gasteiger charge is 2.30. The van der Waals surface area contributed by atoms with E-state index in [9.17, 15) is 14.9 Å². The van der Waals surface area contributed by atoms with Crippen molar-refractivity contribution in [3.05, 3.63) is 63.0 Å². The van der Waals surface area contributed by atoms with Crippen LogP contribution in [0.5, 0.6) is 0 Å². The quantitative estimate of drug-likeness (QED) is 0.605. The summed E-state index contributed by atoms with van der Waals surface area (Å²) in [6.07, 6.45) is 2.34. The number of hydrogen-bond donors (Lipinski definition) is 0. The summed E-state index contributed by atoms with van der Waals surface area (Å²) in [6.45, 7) is 5.91. The molecule has 132 valence electrons. The molecule has 1 atom stereocenters. The number of carbonyl (C=O) groups is 1. The first-order valence-corrected chi connectivity index (χ1v) is 8.51. The van der Waals surface area contributed by atoms with Gasteiger partial charge < -0.3 is 9.47 Å². The Bertz CT molecular complexity index is 836. The largest absolute Gasteiger partial charge is 0.345 e. The van der Waals surface area contributed by atoms with Crippen LogP contribution in [-0.4, -0.2) is 27.3 Å². The average molecular weight is 341 g/mol. The van der Waals surface area contributed by atoms with Gasteiger partial charge in [0.2, 0.25) is 0 Å². The Morgan fingerprint density at radius 2 is 2.00 bits per heavy atom. The maximum atomic E-state index is 13.0. The molecule has 1 aliphatic carbocycles. The number of rotatable bonds is 5. The van der Waals surface area contributed by atoms with Crippen molar-refractivity contribution < 1.29 is 9.72 Å². The van der Waals surface area contributed by atoms with Gasteiger partial charge in [-0.15, -0.1) is 0 Å². The van der Waals surface area contributed by atoms with E-state index in [0.717, 1.165) is 17.0 Å². The van der Waals surface area contributed by atoms with Gasteiger partial charge in [-0.25, -0.2) is 0 Å². The van der Waals surface area contributed by atoms with Gasteiger partial charge in [-0.1, -0.05) is 12.1 Å². The summed E-state index contributed by atoms with van der Waals surface area (Å²) in [7, 11) is 1.75. The standard InChI is InChI=1S/C19H23N3O3/c1-12-10-18(14(3)21(12)16-8-9-16)19(23)20(4)13(2)15-6-5-7-17(11-15)22(24)25/h5-7,10-11,13,16H,8-9H2,1-4H3/t13-/m1/s1. The van der Waals surface area contributed by atoms with E-state index < -0.39 is 4.92 Å². The van der Waals surface area contributed by atoms with Gasteiger partial charge >= 0.3 is 0 Å². The van der Waals surface area contributed by atoms with Crippen LogP contribution in [-0.2, 0) is 0 Å². The van der Waals surface area contributed by atoms with Crippen LogP contribution < -0.4 is 0 Å². The Labute approximate surface area is 147 Å². The van der Waals surface area contributed by atoms with Gasteiger partial charge in [-0.05, 0) is 45.2 Å². The molecule has 0 radical (unpaired) electrons. The molecule has 1 aromatic carbocycles. The molecule has 1 heterocycles. The average Bonchev–Trinajstić information content (AvgIpc) is 3.38. The number of amides is 1. The molecule has 0 spiro atoms. The first-order chi connectivity index (χ1) is 11.8. The Kier molecular flexibility index (Phi) is 4.37. The number of carbonyl (C=O) groups excluding carboxylic acids is 1. The summed E-state index contributed by atoms with van der Waals surface area (Å²) >= 11 is 0. The zero-order valence-electron chi connectivity index (χ0n) is 15.0. The van der Waals surface area contributed by atoms with Crippen molar-refractivity contribution in [2.75, 3.05) is 7.05 Å². The molecule has 25 heavy (non-hydrogen) atoms. The maximum absolute atomic E-state index is 13.0. The molecule has 6 nitrogen and oxygen atoms in total. The summed E-state index contributed by atoms with van der Waals surface area (Å²) in [5.41, 5.74) is 3.62. The van der Waals surface area contributed by atoms with Crippen molar-refractivity contribution in [1.29, 1.82) is 0 Å². The minimum Gasteiger partial charge on any atom is -0.345 e. The number of aromatic nitrogens is 1. The number of non-ortho nitro benzene ring substituents is 1. The summed E-state index contributed by atoms with van der Waals surface area (Å²) in [5, 5.41) is 11.0. The van der Waals surface area contributed by atoms with Crippen molar-refractivity contribution in [2.24, 2.45) is 0 Å². The van der Waals surface area contributed by atoms with E-state index in [1.54, 1.807) is 18.0 Å². The van der Waals surface area contributed by atoms with Gasteiger partial charge in [0.1, 0.15) is 0 Å². The molecular weight excluding hydrogens is 318 g/mol. The molecule has 0 N–H and O–H groups in total. The molecule has 1 amide bonds. The molecule has 1 fully saturated rings. The van der Waals surface area contributed by atoms with E-state index in [4.69, 9.17) is 0 Å². The smallest absolute Gasteiger partial charge is 0.269 e. The molecule has 1 aliphatic rings. The van der Waals surface area contributed by atoms with Crippen molar-refractivity contribution in [3.8, 4) is 0 Å². The predicted octanol–water partition coefficient (Wildman–Crippen LogP) is 4.18. The third-order valence-electron chi connectivity index (χ3n) is 5.09. The van der Waals surface area contributed by atoms with E-state index in [1.807, 2.05) is 32.9 Å². The van der Waals surface area contributed by atoms with Gasteiger partial charge in [0, 0.05) is 36.6 Å². The first-order valence-electron chi connectivity index (χ1n) is 8.51. The normalized spacial score (nSPS) is 15.0. The number of nitro benzene ring substituents is 1. The second-order valence-electron chi connectivity index (χ2n) is 6.83. The molecule has 1 saturated carbocycles. The van der Waals surface area contributed by atoms with Crippen molar-refractivity contribution in [1.82, 2.24) is 9.47 Å². The maximum Gasteiger partial charge on any atom is 0.269 e. The summed E-state index contributed by atoms with van der Waals surface area (Å²) < 4.78 is 2.25. The minimum atomic E-state index is -0.415. The molecule has 1 aromatic heterocycles. The van der Waals surface area contributed by atoms with Crippen LogP contribution in [0.4, 0.5) is 5.69 Å². The topological polar surface area (TPSA) is 68.4 Å². The highest BCUT2D eigenvalue weighted by molar-refractivity contribution is 5.95. The lowest BCUT2D eigenvalue weighted by atomic mass is 10.1. The lowest BCUT2D eigenvalue weighted by Crippen LogP contribution is -2.30. The molecule has 0 saturated heterocycles. The summed E-state index contributed by atoms with van der Waals surface area (Å²) in [6, 6.07) is 8.68. The van der Waals surface area contributed by atoms with Crippen molar-refractivity contribution in [2.45, 2.75) is 45.7 Å². The zero-order chi connectivity index (χ0) is 18.3. The number of hydrogen-bond acceptors (Lipinski definition) is 3. The van der Waals surface area contributed by atoms with E-state index in [2.05, 4.69) is 4.57 Å². The van der Waals surface area contributed by atoms with E-state index >= 15 is 0 Å². The van der Waals surface area contributed by atoms with Crippen molar-refractivity contribution in [3.63, 3.8) is 0 Å². The number of aryl methyl sites for hydroxylation is 1. The monoisotopic (exact) mass is 341 g/mol. The van der Waals surface area contributed by atoms with Crippen molar-refractivity contribution >= 4 is 11.6 Å². The van der Waals surface area contributed by atoms with Gasteiger partial charge in [0.25, 0.3) is 11.6 Å². The lowest BCUT2D eigenvalue weighted by Gasteiger charge is -2.25. The van der Waals surface area contributed by atoms with Crippen LogP contribution in [0.3, 0.4) is 0 Å². The fraction of sp³-hybridized carbons (Fsp3) is 0.421. The number of benzene rings is 1. The first kappa shape index (κ1) is 17.2. The van der Waals surface area contributed by atoms with Crippen LogP contribution >= 0.6 is 0 Å². The molecular formula is C19H23N3O3.